The molecule has 1 fully saturated rings. The van der Waals surface area contributed by atoms with Crippen LogP contribution in [-0.4, -0.2) is 88.7 Å². The maximum Gasteiger partial charge on any atom is 0.416 e. The molecule has 18 heteroatoms. The Hall–Kier alpha value is -6.03. The topological polar surface area (TPSA) is 165 Å². The number of nitrogens with one attached hydrogen (secondary N) is 2. The fourth-order valence-electron chi connectivity index (χ4n) is 6.02. The van der Waals surface area contributed by atoms with Crippen molar-refractivity contribution in [2.24, 2.45) is 13.0 Å². The van der Waals surface area contributed by atoms with Gasteiger partial charge in [-0.1, -0.05) is 36.4 Å². The summed E-state index contributed by atoms with van der Waals surface area (Å²) in [5.41, 5.74) is -0.734. The Morgan fingerprint density at radius 3 is 2.21 bits per heavy atom. The quantitative estimate of drug-likeness (QED) is 0.119. The van der Waals surface area contributed by atoms with E-state index in [1.54, 1.807) is 36.4 Å². The predicted molar refractivity (Wildman–Crippen MR) is 199 cm³/mol. The van der Waals surface area contributed by atoms with E-state index >= 15 is 0 Å². The molecule has 0 atom stereocenters. The van der Waals surface area contributed by atoms with Gasteiger partial charge >= 0.3 is 6.18 Å². The minimum Gasteiger partial charge on any atom is -0.744 e. The van der Waals surface area contributed by atoms with Crippen molar-refractivity contribution in [2.45, 2.75) is 30.0 Å². The lowest BCUT2D eigenvalue weighted by molar-refractivity contribution is -0.869. The molecule has 2 N–H and O–H groups in total. The molecule has 0 unspecified atom stereocenters. The zero-order valence-electron chi connectivity index (χ0n) is 30.8. The van der Waals surface area contributed by atoms with Crippen LogP contribution in [0.15, 0.2) is 101 Å². The largest absolute Gasteiger partial charge is 0.744 e. The van der Waals surface area contributed by atoms with Gasteiger partial charge in [-0.05, 0) is 61.4 Å². The van der Waals surface area contributed by atoms with Crippen molar-refractivity contribution in [1.82, 2.24) is 29.8 Å². The van der Waals surface area contributed by atoms with E-state index in [0.29, 0.717) is 40.9 Å². The number of benzene rings is 3. The zero-order chi connectivity index (χ0) is 41.0. The van der Waals surface area contributed by atoms with Crippen LogP contribution in [0.3, 0.4) is 0 Å². The van der Waals surface area contributed by atoms with Gasteiger partial charge in [0.05, 0.1) is 74.5 Å². The van der Waals surface area contributed by atoms with Gasteiger partial charge in [0.2, 0.25) is 5.91 Å². The summed E-state index contributed by atoms with van der Waals surface area (Å²) >= 11 is 0. The molecule has 56 heavy (non-hydrogen) atoms. The van der Waals surface area contributed by atoms with Crippen molar-refractivity contribution in [3.05, 3.63) is 124 Å². The SMILES string of the molecule is O=S(=O)([O-])c1ccccc1.[C-]#[N+]c1ccc(-n2nccc2-c2c(C(=O)NC3CC(C(=O)NCC[N+](C)(C)C)C3)c(=O)n(-c3cccc(C(F)(F)F)c3)n2C)cc1. The average molecular weight is 793 g/mol. The highest BCUT2D eigenvalue weighted by Crippen LogP contribution is 2.32. The standard InChI is InChI=1S/C32H33F3N8O3.C6H6O3S/c1-36-22-9-11-24(12-10-22)41-26(13-14-38-41)28-27(30(45)39-23-17-20(18-23)29(44)37-15-16-43(3,4)5)31(46)42(40(28)2)25-8-6-7-21(19-25)32(33,34)35;7-10(8,9)6-4-2-1-3-5-6/h6-14,19-20,23H,15-18H2,2-5H3,(H-,37,39,44,45);1-5H,(H,7,8,9). The van der Waals surface area contributed by atoms with E-state index in [1.807, 2.05) is 21.1 Å². The van der Waals surface area contributed by atoms with Gasteiger partial charge in [-0.2, -0.15) is 18.3 Å². The molecule has 1 aliphatic carbocycles. The third-order valence-electron chi connectivity index (χ3n) is 8.98. The Morgan fingerprint density at radius 2 is 1.64 bits per heavy atom. The zero-order valence-corrected chi connectivity index (χ0v) is 31.6. The first-order valence-corrected chi connectivity index (χ1v) is 18.6. The lowest BCUT2D eigenvalue weighted by Crippen LogP contribution is -2.51. The maximum atomic E-state index is 14.0. The molecular formula is C38H39F3N8O6S. The molecule has 5 aromatic rings. The summed E-state index contributed by atoms with van der Waals surface area (Å²) in [5, 5.41) is 10.1. The van der Waals surface area contributed by atoms with Crippen molar-refractivity contribution in [3.63, 3.8) is 0 Å². The van der Waals surface area contributed by atoms with Gasteiger partial charge in [-0.15, -0.1) is 0 Å². The molecule has 6 rings (SSSR count). The summed E-state index contributed by atoms with van der Waals surface area (Å²) < 4.78 is 76.2. The van der Waals surface area contributed by atoms with Crippen LogP contribution in [0.2, 0.25) is 0 Å². The molecule has 0 saturated heterocycles. The number of carbonyl (C=O) groups excluding carboxylic acids is 2. The van der Waals surface area contributed by atoms with Gasteiger partial charge in [0.1, 0.15) is 21.4 Å². The predicted octanol–water partition coefficient (Wildman–Crippen LogP) is 4.52. The summed E-state index contributed by atoms with van der Waals surface area (Å²) in [6.45, 7) is 8.50. The van der Waals surface area contributed by atoms with Gasteiger partial charge in [0, 0.05) is 19.0 Å². The van der Waals surface area contributed by atoms with Crippen LogP contribution in [0.1, 0.15) is 28.8 Å². The van der Waals surface area contributed by atoms with Gasteiger partial charge in [-0.25, -0.2) is 22.6 Å². The Labute approximate surface area is 320 Å². The van der Waals surface area contributed by atoms with Crippen molar-refractivity contribution in [1.29, 1.82) is 0 Å². The van der Waals surface area contributed by atoms with Crippen molar-refractivity contribution >= 4 is 27.6 Å². The first-order valence-electron chi connectivity index (χ1n) is 17.2. The van der Waals surface area contributed by atoms with Crippen molar-refractivity contribution < 1.29 is 40.2 Å². The summed E-state index contributed by atoms with van der Waals surface area (Å²) in [5.74, 6) is -1.10. The van der Waals surface area contributed by atoms with E-state index in [-0.39, 0.29) is 39.7 Å². The van der Waals surface area contributed by atoms with E-state index in [9.17, 15) is 40.5 Å². The van der Waals surface area contributed by atoms with Crippen molar-refractivity contribution in [2.75, 3.05) is 34.2 Å². The number of rotatable bonds is 10. The first kappa shape index (κ1) is 41.1. The van der Waals surface area contributed by atoms with Crippen LogP contribution in [0.4, 0.5) is 18.9 Å². The van der Waals surface area contributed by atoms with E-state index in [0.717, 1.165) is 23.4 Å². The molecule has 2 aromatic heterocycles. The molecule has 0 radical (unpaired) electrons. The Bertz CT molecular complexity index is 2420. The minimum absolute atomic E-state index is 0.0793. The first-order chi connectivity index (χ1) is 26.3. The monoisotopic (exact) mass is 792 g/mol. The number of hydrogen-bond acceptors (Lipinski definition) is 7. The van der Waals surface area contributed by atoms with Crippen LogP contribution in [0.25, 0.3) is 27.6 Å². The van der Waals surface area contributed by atoms with E-state index in [4.69, 9.17) is 6.57 Å². The van der Waals surface area contributed by atoms with Crippen LogP contribution in [0.5, 0.6) is 0 Å². The fraction of sp³-hybridized carbons (Fsp3) is 0.289. The molecule has 1 aliphatic rings. The van der Waals surface area contributed by atoms with Crippen LogP contribution in [-0.2, 0) is 28.1 Å². The van der Waals surface area contributed by atoms with Gasteiger partial charge in [0.15, 0.2) is 5.69 Å². The van der Waals surface area contributed by atoms with Crippen LogP contribution in [0, 0.1) is 12.5 Å². The molecule has 14 nitrogen and oxygen atoms in total. The lowest BCUT2D eigenvalue weighted by atomic mass is 9.79. The molecule has 0 bridgehead atoms. The van der Waals surface area contributed by atoms with Crippen LogP contribution >= 0.6 is 0 Å². The second-order valence-corrected chi connectivity index (χ2v) is 15.5. The van der Waals surface area contributed by atoms with E-state index in [2.05, 4.69) is 20.6 Å². The number of carbonyl (C=O) groups is 2. The van der Waals surface area contributed by atoms with Crippen LogP contribution < -0.4 is 16.2 Å². The van der Waals surface area contributed by atoms with Crippen molar-refractivity contribution in [3.8, 4) is 22.8 Å². The number of likely N-dealkylation sites (N-methyl/N-ethyl adjacent to an activating group) is 1. The van der Waals surface area contributed by atoms with Gasteiger partial charge in [0.25, 0.3) is 11.5 Å². The van der Waals surface area contributed by atoms with Gasteiger partial charge in [-0.3, -0.25) is 19.1 Å². The summed E-state index contributed by atoms with van der Waals surface area (Å²) in [4.78, 5) is 43.6. The van der Waals surface area contributed by atoms with Gasteiger partial charge < -0.3 is 19.7 Å². The maximum absolute atomic E-state index is 14.0. The Balaban J connectivity index is 0.000000522. The molecule has 2 amide bonds. The number of alkyl halides is 3. The molecule has 2 heterocycles. The number of nitrogens with zero attached hydrogens (tertiary/aromatic N) is 6. The molecule has 0 spiro atoms. The number of halogens is 3. The third kappa shape index (κ3) is 9.60. The normalized spacial score (nSPS) is 15.5. The number of amides is 2. The molecule has 3 aromatic carbocycles. The molecule has 0 aliphatic heterocycles. The molecular weight excluding hydrogens is 754 g/mol. The smallest absolute Gasteiger partial charge is 0.416 e. The summed E-state index contributed by atoms with van der Waals surface area (Å²) in [7, 11) is 3.30. The highest BCUT2D eigenvalue weighted by Gasteiger charge is 2.38. The number of quaternary nitrogens is 1. The Kier molecular flexibility index (Phi) is 12.0. The highest BCUT2D eigenvalue weighted by atomic mass is 32.2. The second kappa shape index (κ2) is 16.4. The summed E-state index contributed by atoms with van der Waals surface area (Å²) in [6, 6.07) is 19.2. The average Bonchev–Trinajstić information content (AvgIpc) is 3.70. The second-order valence-electron chi connectivity index (χ2n) is 14.1. The Morgan fingerprint density at radius 1 is 0.982 bits per heavy atom. The molecule has 294 valence electrons. The fourth-order valence-corrected chi connectivity index (χ4v) is 6.51. The van der Waals surface area contributed by atoms with E-state index in [1.165, 1.54) is 59.0 Å². The highest BCUT2D eigenvalue weighted by molar-refractivity contribution is 7.85. The summed E-state index contributed by atoms with van der Waals surface area (Å²) in [6.07, 6.45) is -2.41. The lowest BCUT2D eigenvalue weighted by Gasteiger charge is -2.35. The third-order valence-corrected chi connectivity index (χ3v) is 9.83. The van der Waals surface area contributed by atoms with E-state index < -0.39 is 33.3 Å². The number of hydrogen-bond donors (Lipinski definition) is 2. The number of aromatic nitrogens is 4. The molecule has 1 saturated carbocycles. The minimum atomic E-state index is -4.65.